The predicted molar refractivity (Wildman–Crippen MR) is 121 cm³/mol. The second-order valence-corrected chi connectivity index (χ2v) is 7.80. The minimum Gasteiger partial charge on any atom is -0.324 e. The van der Waals surface area contributed by atoms with Crippen LogP contribution in [0, 0.1) is 0 Å². The Hall–Kier alpha value is -4.04. The Kier molecular flexibility index (Phi) is 4.89. The lowest BCUT2D eigenvalue weighted by Crippen LogP contribution is -2.29. The number of anilines is 1. The van der Waals surface area contributed by atoms with Crippen LogP contribution in [-0.4, -0.2) is 25.1 Å². The quantitative estimate of drug-likeness (QED) is 0.461. The average molecular weight is 427 g/mol. The molecule has 0 aliphatic heterocycles. The van der Waals surface area contributed by atoms with Gasteiger partial charge in [0, 0.05) is 40.7 Å². The Bertz CT molecular complexity index is 1390. The van der Waals surface area contributed by atoms with Crippen LogP contribution in [0.15, 0.2) is 89.3 Å². The van der Waals surface area contributed by atoms with Gasteiger partial charge in [-0.3, -0.25) is 14.0 Å². The summed E-state index contributed by atoms with van der Waals surface area (Å²) in [5.74, 6) is -0.324. The van der Waals surface area contributed by atoms with E-state index in [9.17, 15) is 9.59 Å². The molecule has 1 N–H and O–H groups in total. The van der Waals surface area contributed by atoms with Crippen LogP contribution in [0.2, 0.25) is 0 Å². The molecule has 8 heteroatoms. The summed E-state index contributed by atoms with van der Waals surface area (Å²) in [6.45, 7) is -0.168. The van der Waals surface area contributed by atoms with Gasteiger partial charge in [-0.05, 0) is 18.2 Å². The Labute approximate surface area is 181 Å². The van der Waals surface area contributed by atoms with E-state index in [0.717, 1.165) is 21.8 Å². The third-order valence-corrected chi connectivity index (χ3v) is 5.56. The molecule has 5 aromatic rings. The van der Waals surface area contributed by atoms with Crippen LogP contribution in [0.3, 0.4) is 0 Å². The van der Waals surface area contributed by atoms with Crippen LogP contribution in [0.25, 0.3) is 27.5 Å². The first-order valence-electron chi connectivity index (χ1n) is 9.62. The molecule has 0 atom stereocenters. The standard InChI is InChI=1S/C23H17N5O2S/c29-21(15-28-22(30)11-10-19(26-28)16-4-2-1-3-5-16)24-18-8-6-17(7-9-18)20-14-27-12-13-31-23(27)25-20/h1-14H,15H2,(H,24,29). The van der Waals surface area contributed by atoms with E-state index >= 15 is 0 Å². The number of hydrogen-bond acceptors (Lipinski definition) is 5. The van der Waals surface area contributed by atoms with E-state index < -0.39 is 0 Å². The molecule has 31 heavy (non-hydrogen) atoms. The number of carbonyl (C=O) groups is 1. The molecule has 0 aliphatic rings. The molecule has 0 radical (unpaired) electrons. The molecular weight excluding hydrogens is 410 g/mol. The molecule has 7 nitrogen and oxygen atoms in total. The van der Waals surface area contributed by atoms with Gasteiger partial charge in [0.25, 0.3) is 5.56 Å². The molecule has 0 saturated carbocycles. The Balaban J connectivity index is 1.29. The number of rotatable bonds is 5. The number of nitrogens with one attached hydrogen (secondary N) is 1. The largest absolute Gasteiger partial charge is 0.324 e. The molecule has 5 rings (SSSR count). The van der Waals surface area contributed by atoms with E-state index in [2.05, 4.69) is 15.4 Å². The van der Waals surface area contributed by atoms with Gasteiger partial charge >= 0.3 is 0 Å². The van der Waals surface area contributed by atoms with Crippen molar-refractivity contribution in [2.45, 2.75) is 6.54 Å². The topological polar surface area (TPSA) is 81.3 Å². The predicted octanol–water partition coefficient (Wildman–Crippen LogP) is 3.93. The summed E-state index contributed by atoms with van der Waals surface area (Å²) < 4.78 is 3.15. The van der Waals surface area contributed by atoms with Gasteiger partial charge in [0.05, 0.1) is 11.4 Å². The minimum atomic E-state index is -0.329. The van der Waals surface area contributed by atoms with Gasteiger partial charge in [-0.1, -0.05) is 42.5 Å². The highest BCUT2D eigenvalue weighted by Crippen LogP contribution is 2.23. The van der Waals surface area contributed by atoms with Crippen molar-refractivity contribution in [3.8, 4) is 22.5 Å². The van der Waals surface area contributed by atoms with Gasteiger partial charge in [-0.25, -0.2) is 9.67 Å². The van der Waals surface area contributed by atoms with Crippen molar-refractivity contribution in [2.24, 2.45) is 0 Å². The van der Waals surface area contributed by atoms with Crippen LogP contribution in [0.5, 0.6) is 0 Å². The van der Waals surface area contributed by atoms with Gasteiger partial charge in [0.2, 0.25) is 5.91 Å². The number of fused-ring (bicyclic) bond motifs is 1. The summed E-state index contributed by atoms with van der Waals surface area (Å²) in [7, 11) is 0. The van der Waals surface area contributed by atoms with Crippen LogP contribution >= 0.6 is 11.3 Å². The minimum absolute atomic E-state index is 0.168. The number of aromatic nitrogens is 4. The van der Waals surface area contributed by atoms with Crippen molar-refractivity contribution in [1.82, 2.24) is 19.2 Å². The first-order valence-corrected chi connectivity index (χ1v) is 10.5. The zero-order valence-electron chi connectivity index (χ0n) is 16.3. The molecule has 3 heterocycles. The maximum absolute atomic E-state index is 12.5. The number of nitrogens with zero attached hydrogens (tertiary/aromatic N) is 4. The van der Waals surface area contributed by atoms with Gasteiger partial charge in [0.15, 0.2) is 4.96 Å². The van der Waals surface area contributed by atoms with Gasteiger partial charge in [-0.2, -0.15) is 5.10 Å². The number of benzene rings is 2. The molecule has 152 valence electrons. The number of imidazole rings is 1. The van der Waals surface area contributed by atoms with Crippen molar-refractivity contribution in [1.29, 1.82) is 0 Å². The van der Waals surface area contributed by atoms with Crippen molar-refractivity contribution in [3.05, 3.63) is 94.9 Å². The highest BCUT2D eigenvalue weighted by molar-refractivity contribution is 7.15. The Morgan fingerprint density at radius 3 is 2.48 bits per heavy atom. The van der Waals surface area contributed by atoms with E-state index in [1.807, 2.05) is 76.8 Å². The third kappa shape index (κ3) is 4.01. The fraction of sp³-hybridized carbons (Fsp3) is 0.0435. The smallest absolute Gasteiger partial charge is 0.267 e. The molecule has 0 saturated heterocycles. The van der Waals surface area contributed by atoms with Crippen molar-refractivity contribution in [2.75, 3.05) is 5.32 Å². The monoisotopic (exact) mass is 427 g/mol. The maximum atomic E-state index is 12.5. The van der Waals surface area contributed by atoms with Crippen LogP contribution in [0.4, 0.5) is 5.69 Å². The average Bonchev–Trinajstić information content (AvgIpc) is 3.39. The SMILES string of the molecule is O=C(Cn1nc(-c2ccccc2)ccc1=O)Nc1ccc(-c2cn3ccsc3n2)cc1. The second kappa shape index (κ2) is 8.00. The summed E-state index contributed by atoms with van der Waals surface area (Å²) in [5, 5.41) is 9.13. The highest BCUT2D eigenvalue weighted by atomic mass is 32.1. The molecule has 0 bridgehead atoms. The van der Waals surface area contributed by atoms with E-state index in [1.54, 1.807) is 17.4 Å². The van der Waals surface area contributed by atoms with Gasteiger partial charge < -0.3 is 5.32 Å². The highest BCUT2D eigenvalue weighted by Gasteiger charge is 2.10. The summed E-state index contributed by atoms with van der Waals surface area (Å²) in [5.41, 5.74) is 3.66. The summed E-state index contributed by atoms with van der Waals surface area (Å²) >= 11 is 1.58. The maximum Gasteiger partial charge on any atom is 0.267 e. The number of amides is 1. The molecule has 0 spiro atoms. The lowest BCUT2D eigenvalue weighted by molar-refractivity contribution is -0.117. The zero-order valence-corrected chi connectivity index (χ0v) is 17.1. The van der Waals surface area contributed by atoms with Crippen molar-refractivity contribution < 1.29 is 4.79 Å². The van der Waals surface area contributed by atoms with Crippen LogP contribution < -0.4 is 10.9 Å². The number of carbonyl (C=O) groups excluding carboxylic acids is 1. The number of thiazole rings is 1. The Morgan fingerprint density at radius 2 is 1.71 bits per heavy atom. The Morgan fingerprint density at radius 1 is 0.935 bits per heavy atom. The molecule has 0 fully saturated rings. The molecule has 0 unspecified atom stereocenters. The zero-order chi connectivity index (χ0) is 21.2. The lowest BCUT2D eigenvalue weighted by atomic mass is 10.1. The van der Waals surface area contributed by atoms with Crippen LogP contribution in [0.1, 0.15) is 0 Å². The van der Waals surface area contributed by atoms with E-state index in [-0.39, 0.29) is 18.0 Å². The summed E-state index contributed by atoms with van der Waals surface area (Å²) in [4.78, 5) is 30.2. The lowest BCUT2D eigenvalue weighted by Gasteiger charge is -2.09. The van der Waals surface area contributed by atoms with Crippen LogP contribution in [-0.2, 0) is 11.3 Å². The molecule has 0 aliphatic carbocycles. The van der Waals surface area contributed by atoms with Crippen molar-refractivity contribution in [3.63, 3.8) is 0 Å². The summed E-state index contributed by atoms with van der Waals surface area (Å²) in [6.07, 6.45) is 3.94. The first-order chi connectivity index (χ1) is 15.2. The number of hydrogen-bond donors (Lipinski definition) is 1. The van der Waals surface area contributed by atoms with E-state index in [1.165, 1.54) is 10.7 Å². The molecular formula is C23H17N5O2S. The third-order valence-electron chi connectivity index (χ3n) is 4.79. The van der Waals surface area contributed by atoms with Crippen molar-refractivity contribution >= 4 is 27.9 Å². The summed E-state index contributed by atoms with van der Waals surface area (Å²) in [6, 6.07) is 20.0. The fourth-order valence-electron chi connectivity index (χ4n) is 3.25. The normalized spacial score (nSPS) is 11.0. The molecule has 3 aromatic heterocycles. The fourth-order valence-corrected chi connectivity index (χ4v) is 3.95. The molecule has 1 amide bonds. The van der Waals surface area contributed by atoms with Gasteiger partial charge in [-0.15, -0.1) is 11.3 Å². The second-order valence-electron chi connectivity index (χ2n) is 6.93. The first kappa shape index (κ1) is 19.0. The van der Waals surface area contributed by atoms with E-state index in [4.69, 9.17) is 0 Å². The van der Waals surface area contributed by atoms with Gasteiger partial charge in [0.1, 0.15) is 6.54 Å². The van der Waals surface area contributed by atoms with E-state index in [0.29, 0.717) is 11.4 Å². The molecule has 2 aromatic carbocycles.